The summed E-state index contributed by atoms with van der Waals surface area (Å²) in [6.45, 7) is 0. The number of ether oxygens (including phenoxy) is 1. The summed E-state index contributed by atoms with van der Waals surface area (Å²) in [4.78, 5) is 9.65. The van der Waals surface area contributed by atoms with E-state index < -0.39 is 4.92 Å². The van der Waals surface area contributed by atoms with Gasteiger partial charge in [0.2, 0.25) is 0 Å². The van der Waals surface area contributed by atoms with Crippen molar-refractivity contribution in [2.24, 2.45) is 0 Å². The summed E-state index contributed by atoms with van der Waals surface area (Å²) in [7, 11) is 1.29. The number of nitro benzene ring substituents is 1. The number of rotatable bonds is 2. The van der Waals surface area contributed by atoms with Crippen LogP contribution in [0.3, 0.4) is 0 Å². The third-order valence-corrected chi connectivity index (χ3v) is 1.36. The summed E-state index contributed by atoms with van der Waals surface area (Å²) >= 11 is 0. The fourth-order valence-electron chi connectivity index (χ4n) is 0.770. The van der Waals surface area contributed by atoms with Crippen LogP contribution in [0, 0.1) is 10.1 Å². The first-order valence-electron chi connectivity index (χ1n) is 3.14. The molecule has 0 amide bonds. The number of non-ortho nitro benzene ring substituents is 1. The maximum Gasteiger partial charge on any atom is 1.00 e. The van der Waals surface area contributed by atoms with Gasteiger partial charge in [-0.15, -0.1) is 0 Å². The Labute approximate surface area is 123 Å². The van der Waals surface area contributed by atoms with E-state index >= 15 is 0 Å². The maximum atomic E-state index is 10.9. The van der Waals surface area contributed by atoms with Crippen LogP contribution in [0.2, 0.25) is 0 Å². The number of hydrogen-bond donors (Lipinski definition) is 0. The van der Waals surface area contributed by atoms with E-state index in [0.29, 0.717) is 0 Å². The molecule has 7 heteroatoms. The molecule has 0 heterocycles. The van der Waals surface area contributed by atoms with Crippen LogP contribution in [0.5, 0.6) is 11.5 Å². The van der Waals surface area contributed by atoms with Crippen LogP contribution in [0.25, 0.3) is 0 Å². The molecular weight excluding hydrogens is 217 g/mol. The van der Waals surface area contributed by atoms with Crippen LogP contribution in [-0.4, -0.2) is 17.5 Å². The van der Waals surface area contributed by atoms with Gasteiger partial charge in [-0.1, -0.05) is 11.8 Å². The predicted molar refractivity (Wildman–Crippen MR) is 42.7 cm³/mol. The minimum absolute atomic E-state index is 0. The van der Waals surface area contributed by atoms with Crippen molar-refractivity contribution in [3.8, 4) is 11.5 Å². The Morgan fingerprint density at radius 3 is 2.43 bits per heavy atom. The molecule has 0 aliphatic rings. The molecular formula is C7H8KNO5. The standard InChI is InChI=1S/C7H7NO4.K.H2O/c1-12-7-4-5(8(10)11)2-3-6(7)9;;/h2-4,9H,1H3;;1H2/q;+1;/p-1. The van der Waals surface area contributed by atoms with Crippen LogP contribution in [0.1, 0.15) is 0 Å². The van der Waals surface area contributed by atoms with Crippen molar-refractivity contribution in [3.05, 3.63) is 28.3 Å². The van der Waals surface area contributed by atoms with Gasteiger partial charge in [0.05, 0.1) is 18.1 Å². The molecule has 0 fully saturated rings. The van der Waals surface area contributed by atoms with Gasteiger partial charge >= 0.3 is 51.4 Å². The zero-order valence-electron chi connectivity index (χ0n) is 7.81. The van der Waals surface area contributed by atoms with E-state index in [1.165, 1.54) is 7.11 Å². The Morgan fingerprint density at radius 2 is 2.00 bits per heavy atom. The molecule has 0 atom stereocenters. The van der Waals surface area contributed by atoms with E-state index in [-0.39, 0.29) is 74.0 Å². The summed E-state index contributed by atoms with van der Waals surface area (Å²) in [6, 6.07) is 3.35. The van der Waals surface area contributed by atoms with Gasteiger partial charge < -0.3 is 15.3 Å². The molecule has 0 radical (unpaired) electrons. The Morgan fingerprint density at radius 1 is 1.43 bits per heavy atom. The van der Waals surface area contributed by atoms with Crippen molar-refractivity contribution in [2.75, 3.05) is 7.11 Å². The molecule has 1 aromatic carbocycles. The normalized spacial score (nSPS) is 8.07. The zero-order chi connectivity index (χ0) is 9.14. The fourth-order valence-corrected chi connectivity index (χ4v) is 0.770. The molecule has 0 saturated carbocycles. The summed E-state index contributed by atoms with van der Waals surface area (Å²) in [5.41, 5.74) is -0.147. The molecule has 2 N–H and O–H groups in total. The van der Waals surface area contributed by atoms with Gasteiger partial charge in [-0.2, -0.15) is 0 Å². The molecule has 0 saturated heterocycles. The third-order valence-electron chi connectivity index (χ3n) is 1.36. The molecule has 0 aliphatic heterocycles. The predicted octanol–water partition coefficient (Wildman–Crippen LogP) is -3.14. The number of methoxy groups -OCH3 is 1. The fraction of sp³-hybridized carbons (Fsp3) is 0.143. The summed E-state index contributed by atoms with van der Waals surface area (Å²) in [5, 5.41) is 21.1. The quantitative estimate of drug-likeness (QED) is 0.301. The monoisotopic (exact) mass is 225 g/mol. The van der Waals surface area contributed by atoms with Crippen molar-refractivity contribution in [1.29, 1.82) is 0 Å². The molecule has 0 spiro atoms. The van der Waals surface area contributed by atoms with Gasteiger partial charge in [0.15, 0.2) is 0 Å². The second-order valence-electron chi connectivity index (χ2n) is 2.09. The molecule has 6 nitrogen and oxygen atoms in total. The van der Waals surface area contributed by atoms with Crippen molar-refractivity contribution in [1.82, 2.24) is 0 Å². The van der Waals surface area contributed by atoms with Crippen LogP contribution >= 0.6 is 0 Å². The second kappa shape index (κ2) is 7.15. The first kappa shape index (κ1) is 16.3. The minimum Gasteiger partial charge on any atom is -0.870 e. The molecule has 0 unspecified atom stereocenters. The SMILES string of the molecule is COc1cc([N+](=O)[O-])ccc1[O-].O.[K+]. The zero-order valence-corrected chi connectivity index (χ0v) is 10.9. The molecule has 1 rings (SSSR count). The smallest absolute Gasteiger partial charge is 0.870 e. The largest absolute Gasteiger partial charge is 1.00 e. The summed E-state index contributed by atoms with van der Waals surface area (Å²) < 4.78 is 4.62. The molecule has 0 aromatic heterocycles. The Balaban J connectivity index is 0. The van der Waals surface area contributed by atoms with Gasteiger partial charge in [-0.3, -0.25) is 10.1 Å². The van der Waals surface area contributed by atoms with Crippen molar-refractivity contribution in [2.45, 2.75) is 0 Å². The Bertz CT molecular complexity index is 317. The molecule has 72 valence electrons. The summed E-state index contributed by atoms with van der Waals surface area (Å²) in [6.07, 6.45) is 0. The Hall–Kier alpha value is -0.184. The molecule has 0 bridgehead atoms. The number of nitro groups is 1. The minimum atomic E-state index is -0.581. The molecule has 0 aliphatic carbocycles. The first-order valence-corrected chi connectivity index (χ1v) is 3.14. The number of nitrogens with zero attached hydrogens (tertiary/aromatic N) is 1. The van der Waals surface area contributed by atoms with E-state index in [9.17, 15) is 15.2 Å². The maximum absolute atomic E-state index is 10.9. The summed E-state index contributed by atoms with van der Waals surface area (Å²) in [5.74, 6) is -0.368. The molecule has 14 heavy (non-hydrogen) atoms. The van der Waals surface area contributed by atoms with Gasteiger partial charge in [-0.25, -0.2) is 0 Å². The van der Waals surface area contributed by atoms with Crippen LogP contribution < -0.4 is 61.2 Å². The average molecular weight is 225 g/mol. The van der Waals surface area contributed by atoms with Gasteiger partial charge in [0, 0.05) is 6.07 Å². The van der Waals surface area contributed by atoms with E-state index in [2.05, 4.69) is 4.74 Å². The van der Waals surface area contributed by atoms with Crippen molar-refractivity contribution in [3.63, 3.8) is 0 Å². The van der Waals surface area contributed by atoms with Crippen molar-refractivity contribution >= 4 is 5.69 Å². The van der Waals surface area contributed by atoms with Crippen LogP contribution in [-0.2, 0) is 0 Å². The van der Waals surface area contributed by atoms with E-state index in [1.54, 1.807) is 0 Å². The van der Waals surface area contributed by atoms with Gasteiger partial charge in [-0.05, 0) is 0 Å². The third kappa shape index (κ3) is 3.90. The average Bonchev–Trinajstić information content (AvgIpc) is 2.05. The topological polar surface area (TPSA) is 107 Å². The van der Waals surface area contributed by atoms with Crippen LogP contribution in [0.15, 0.2) is 18.2 Å². The Kier molecular flexibility index (Phi) is 8.31. The first-order chi connectivity index (χ1) is 5.65. The number of benzene rings is 1. The molecule has 1 aromatic rings. The number of hydrogen-bond acceptors (Lipinski definition) is 4. The van der Waals surface area contributed by atoms with E-state index in [1.807, 2.05) is 0 Å². The van der Waals surface area contributed by atoms with Gasteiger partial charge in [0.1, 0.15) is 5.75 Å². The van der Waals surface area contributed by atoms with E-state index in [4.69, 9.17) is 0 Å². The van der Waals surface area contributed by atoms with Crippen LogP contribution in [0.4, 0.5) is 5.69 Å². The second-order valence-corrected chi connectivity index (χ2v) is 2.09. The van der Waals surface area contributed by atoms with E-state index in [0.717, 1.165) is 18.2 Å². The van der Waals surface area contributed by atoms with Crippen molar-refractivity contribution < 1.29 is 71.6 Å². The van der Waals surface area contributed by atoms with Gasteiger partial charge in [0.25, 0.3) is 5.69 Å².